The lowest BCUT2D eigenvalue weighted by molar-refractivity contribution is -0.249. The highest BCUT2D eigenvalue weighted by atomic mass is 16.6. The van der Waals surface area contributed by atoms with Crippen molar-refractivity contribution < 1.29 is 34.8 Å². The van der Waals surface area contributed by atoms with Crippen molar-refractivity contribution in [1.82, 2.24) is 14.5 Å². The van der Waals surface area contributed by atoms with Crippen LogP contribution in [0.5, 0.6) is 0 Å². The summed E-state index contributed by atoms with van der Waals surface area (Å²) in [7, 11) is 1.45. The van der Waals surface area contributed by atoms with Gasteiger partial charge >= 0.3 is 0 Å². The van der Waals surface area contributed by atoms with Crippen LogP contribution in [0, 0.1) is 0 Å². The van der Waals surface area contributed by atoms with E-state index in [1.807, 2.05) is 36.4 Å². The first-order valence-electron chi connectivity index (χ1n) is 12.0. The number of hydrogen-bond acceptors (Lipinski definition) is 7. The second kappa shape index (κ2) is 7.60. The van der Waals surface area contributed by atoms with Crippen molar-refractivity contribution in [2.45, 2.75) is 30.6 Å². The third-order valence-electron chi connectivity index (χ3n) is 7.76. The molecule has 1 fully saturated rings. The molecule has 5 aromatic rings. The van der Waals surface area contributed by atoms with Gasteiger partial charge in [-0.05, 0) is 12.1 Å². The Hall–Kier alpha value is -3.80. The zero-order valence-corrected chi connectivity index (χ0v) is 19.6. The van der Waals surface area contributed by atoms with Gasteiger partial charge in [-0.3, -0.25) is 14.5 Å². The number of imide groups is 1. The Labute approximate surface area is 208 Å². The number of nitrogens with one attached hydrogen (secondary N) is 1. The van der Waals surface area contributed by atoms with Crippen molar-refractivity contribution in [1.29, 1.82) is 0 Å². The van der Waals surface area contributed by atoms with Crippen LogP contribution in [-0.2, 0) is 4.74 Å². The van der Waals surface area contributed by atoms with Gasteiger partial charge < -0.3 is 34.7 Å². The second-order valence-corrected chi connectivity index (χ2v) is 9.67. The minimum Gasteiger partial charge on any atom is -0.394 e. The highest BCUT2D eigenvalue weighted by Gasteiger charge is 2.46. The van der Waals surface area contributed by atoms with Crippen LogP contribution in [0.25, 0.3) is 43.6 Å². The van der Waals surface area contributed by atoms with Crippen LogP contribution in [0.2, 0.25) is 0 Å². The van der Waals surface area contributed by atoms with Gasteiger partial charge in [-0.15, -0.1) is 0 Å². The molecular formula is C27H23N3O7. The first-order chi connectivity index (χ1) is 17.8. The van der Waals surface area contributed by atoms with Crippen molar-refractivity contribution in [3.8, 4) is 0 Å². The minimum atomic E-state index is -1.59. The number of carbonyl (C=O) groups excluding carboxylic acids is 2. The molecule has 0 radical (unpaired) electrons. The molecular weight excluding hydrogens is 478 g/mol. The number of aromatic amines is 1. The maximum Gasteiger partial charge on any atom is 0.262 e. The molecule has 2 aliphatic heterocycles. The molecule has 2 aliphatic rings. The topological polar surface area (TPSA) is 148 Å². The molecule has 5 N–H and O–H groups in total. The number of aliphatic hydroxyl groups is 4. The lowest BCUT2D eigenvalue weighted by Crippen LogP contribution is -2.56. The number of carbonyl (C=O) groups is 2. The van der Waals surface area contributed by atoms with E-state index < -0.39 is 49.1 Å². The Kier molecular flexibility index (Phi) is 4.60. The van der Waals surface area contributed by atoms with Crippen LogP contribution in [-0.4, -0.2) is 84.8 Å². The van der Waals surface area contributed by atoms with E-state index in [9.17, 15) is 30.0 Å². The molecule has 0 saturated carbocycles. The van der Waals surface area contributed by atoms with Gasteiger partial charge in [0.1, 0.15) is 24.4 Å². The van der Waals surface area contributed by atoms with Crippen LogP contribution in [0.3, 0.4) is 0 Å². The van der Waals surface area contributed by atoms with Crippen molar-refractivity contribution in [2.24, 2.45) is 0 Å². The summed E-state index contributed by atoms with van der Waals surface area (Å²) in [5.41, 5.74) is 2.99. The number of amides is 2. The molecule has 1 saturated heterocycles. The van der Waals surface area contributed by atoms with Gasteiger partial charge in [-0.2, -0.15) is 0 Å². The molecule has 37 heavy (non-hydrogen) atoms. The lowest BCUT2D eigenvalue weighted by Gasteiger charge is -2.41. The Balaban J connectivity index is 1.71. The van der Waals surface area contributed by atoms with E-state index >= 15 is 0 Å². The Morgan fingerprint density at radius 1 is 0.865 bits per heavy atom. The van der Waals surface area contributed by atoms with E-state index in [0.717, 1.165) is 15.8 Å². The number of H-pyrrole nitrogens is 1. The van der Waals surface area contributed by atoms with Gasteiger partial charge in [-0.1, -0.05) is 36.4 Å². The summed E-state index contributed by atoms with van der Waals surface area (Å²) < 4.78 is 7.66. The lowest BCUT2D eigenvalue weighted by atomic mass is 9.96. The van der Waals surface area contributed by atoms with Crippen molar-refractivity contribution in [3.63, 3.8) is 0 Å². The molecule has 0 spiro atoms. The van der Waals surface area contributed by atoms with E-state index in [-0.39, 0.29) is 5.56 Å². The highest BCUT2D eigenvalue weighted by molar-refractivity contribution is 6.39. The number of fused-ring (bicyclic) bond motifs is 10. The number of hydrogen-bond donors (Lipinski definition) is 5. The first kappa shape index (κ1) is 22.4. The zero-order chi connectivity index (χ0) is 25.7. The van der Waals surface area contributed by atoms with Gasteiger partial charge in [0, 0.05) is 34.1 Å². The maximum absolute atomic E-state index is 13.5. The van der Waals surface area contributed by atoms with E-state index in [1.165, 1.54) is 7.05 Å². The summed E-state index contributed by atoms with van der Waals surface area (Å²) >= 11 is 0. The fourth-order valence-corrected chi connectivity index (χ4v) is 6.01. The van der Waals surface area contributed by atoms with Crippen LogP contribution in [0.1, 0.15) is 26.9 Å². The molecule has 0 bridgehead atoms. The Morgan fingerprint density at radius 3 is 2.24 bits per heavy atom. The number of ether oxygens (including phenoxy) is 1. The second-order valence-electron chi connectivity index (χ2n) is 9.67. The molecule has 10 heteroatoms. The number of rotatable bonds is 2. The van der Waals surface area contributed by atoms with E-state index in [4.69, 9.17) is 4.74 Å². The van der Waals surface area contributed by atoms with Gasteiger partial charge in [0.2, 0.25) is 0 Å². The number of para-hydroxylation sites is 2. The fraction of sp³-hybridized carbons (Fsp3) is 0.259. The van der Waals surface area contributed by atoms with Crippen LogP contribution >= 0.6 is 0 Å². The van der Waals surface area contributed by atoms with Crippen molar-refractivity contribution in [3.05, 3.63) is 59.7 Å². The van der Waals surface area contributed by atoms with Gasteiger partial charge in [0.25, 0.3) is 11.8 Å². The third kappa shape index (κ3) is 2.70. The highest BCUT2D eigenvalue weighted by Crippen LogP contribution is 2.47. The number of aliphatic hydroxyl groups excluding tert-OH is 4. The van der Waals surface area contributed by atoms with Crippen LogP contribution in [0.4, 0.5) is 0 Å². The predicted octanol–water partition coefficient (Wildman–Crippen LogP) is 1.63. The molecule has 10 nitrogen and oxygen atoms in total. The molecule has 4 heterocycles. The number of benzene rings is 3. The quantitative estimate of drug-likeness (QED) is 0.231. The van der Waals surface area contributed by atoms with Crippen LogP contribution < -0.4 is 0 Å². The monoisotopic (exact) mass is 501 g/mol. The molecule has 2 amide bonds. The summed E-state index contributed by atoms with van der Waals surface area (Å²) in [6, 6.07) is 14.7. The zero-order valence-electron chi connectivity index (χ0n) is 19.6. The summed E-state index contributed by atoms with van der Waals surface area (Å²) in [4.78, 5) is 31.4. The fourth-order valence-electron chi connectivity index (χ4n) is 6.01. The SMILES string of the molecule is CN1C(=O)c2c(c3c4ccccc4n([C@H]4OC(CO)[C@@H](O)C(O)C4O)c3c3[nH]c4ccccc4c23)C1=O. The van der Waals surface area contributed by atoms with E-state index in [0.29, 0.717) is 38.3 Å². The first-order valence-corrected chi connectivity index (χ1v) is 12.0. The molecule has 3 aromatic carbocycles. The van der Waals surface area contributed by atoms with E-state index in [2.05, 4.69) is 4.98 Å². The normalized spacial score (nSPS) is 26.3. The Morgan fingerprint density at radius 2 is 1.51 bits per heavy atom. The number of nitrogens with zero attached hydrogens (tertiary/aromatic N) is 2. The largest absolute Gasteiger partial charge is 0.394 e. The predicted molar refractivity (Wildman–Crippen MR) is 134 cm³/mol. The Bertz CT molecular complexity index is 1790. The molecule has 188 valence electrons. The molecule has 3 unspecified atom stereocenters. The molecule has 7 rings (SSSR count). The van der Waals surface area contributed by atoms with Crippen molar-refractivity contribution >= 4 is 55.4 Å². The summed E-state index contributed by atoms with van der Waals surface area (Å²) in [5.74, 6) is -0.838. The van der Waals surface area contributed by atoms with Gasteiger partial charge in [-0.25, -0.2) is 0 Å². The maximum atomic E-state index is 13.5. The summed E-state index contributed by atoms with van der Waals surface area (Å²) in [6.07, 6.45) is -7.00. The average Bonchev–Trinajstić information content (AvgIpc) is 3.53. The van der Waals surface area contributed by atoms with Gasteiger partial charge in [0.15, 0.2) is 6.23 Å². The smallest absolute Gasteiger partial charge is 0.262 e. The molecule has 5 atom stereocenters. The van der Waals surface area contributed by atoms with E-state index in [1.54, 1.807) is 16.7 Å². The summed E-state index contributed by atoms with van der Waals surface area (Å²) in [5, 5.41) is 44.4. The minimum absolute atomic E-state index is 0.263. The van der Waals surface area contributed by atoms with Crippen LogP contribution in [0.15, 0.2) is 48.5 Å². The standard InChI is InChI=1S/C27H23N3O7/c1-29-25(35)18-16-11-6-2-4-8-13(11)28-20(16)21-17(19(18)26(29)36)12-7-3-5-9-14(12)30(21)27-24(34)23(33)22(32)15(10-31)37-27/h2-9,15,22-24,27-28,31-34H,10H2,1H3/t15?,22-,23?,24?,27+/m1/s1. The number of aromatic nitrogens is 2. The average molecular weight is 501 g/mol. The van der Waals surface area contributed by atoms with Crippen molar-refractivity contribution in [2.75, 3.05) is 13.7 Å². The molecule has 2 aromatic heterocycles. The third-order valence-corrected chi connectivity index (χ3v) is 7.76. The van der Waals surface area contributed by atoms with Gasteiger partial charge in [0.05, 0.1) is 34.3 Å². The summed E-state index contributed by atoms with van der Waals surface area (Å²) in [6.45, 7) is -0.576. The molecule has 0 aliphatic carbocycles.